The fourth-order valence-corrected chi connectivity index (χ4v) is 6.39. The van der Waals surface area contributed by atoms with Crippen molar-refractivity contribution in [3.8, 4) is 0 Å². The molecule has 0 amide bonds. The summed E-state index contributed by atoms with van der Waals surface area (Å²) in [5, 5.41) is 46.1. The van der Waals surface area contributed by atoms with Crippen molar-refractivity contribution in [2.75, 3.05) is 20.3 Å². The van der Waals surface area contributed by atoms with Crippen LogP contribution in [0.3, 0.4) is 0 Å². The van der Waals surface area contributed by atoms with Gasteiger partial charge in [0.25, 0.3) is 5.79 Å². The van der Waals surface area contributed by atoms with E-state index in [2.05, 4.69) is 5.16 Å². The summed E-state index contributed by atoms with van der Waals surface area (Å²) in [5.74, 6) is -1.87. The Morgan fingerprint density at radius 2 is 1.23 bits per heavy atom. The highest BCUT2D eigenvalue weighted by Gasteiger charge is 2.61. The third kappa shape index (κ3) is 7.63. The predicted molar refractivity (Wildman–Crippen MR) is 171 cm³/mol. The quantitative estimate of drug-likeness (QED) is 0.212. The molecule has 48 heavy (non-hydrogen) atoms. The maximum Gasteiger partial charge on any atom is 0.271 e. The van der Waals surface area contributed by atoms with Crippen LogP contribution in [0.25, 0.3) is 0 Å². The van der Waals surface area contributed by atoms with Gasteiger partial charge in [0.15, 0.2) is 6.10 Å². The normalized spacial score (nSPS) is 33.4. The van der Waals surface area contributed by atoms with Gasteiger partial charge >= 0.3 is 0 Å². The lowest BCUT2D eigenvalue weighted by molar-refractivity contribution is -0.355. The topological polar surface area (TPSA) is 158 Å². The van der Waals surface area contributed by atoms with Crippen molar-refractivity contribution in [1.29, 1.82) is 0 Å². The number of oxime groups is 1. The van der Waals surface area contributed by atoms with Gasteiger partial charge in [-0.1, -0.05) is 96.2 Å². The van der Waals surface area contributed by atoms with E-state index in [1.165, 1.54) is 0 Å². The number of benzene rings is 3. The van der Waals surface area contributed by atoms with Crippen molar-refractivity contribution in [2.24, 2.45) is 5.16 Å². The van der Waals surface area contributed by atoms with Gasteiger partial charge in [-0.15, -0.1) is 0 Å². The molecule has 12 heteroatoms. The third-order valence-corrected chi connectivity index (χ3v) is 8.93. The average molecular weight is 666 g/mol. The SMILES string of the molecule is COC[C@H]1O[C@H](C2=NO[C@@]3(C2)O[C@H](CO)[C@@H](O)[C@H](O)[C@H]3O)[C@@H](OCc2ccccc2)[C@H](OCc2ccccc2)[C@H]1OCc1ccccc1. The van der Waals surface area contributed by atoms with Crippen LogP contribution in [0.5, 0.6) is 0 Å². The van der Waals surface area contributed by atoms with Gasteiger partial charge in [-0.2, -0.15) is 0 Å². The van der Waals surface area contributed by atoms with Gasteiger partial charge in [-0.3, -0.25) is 0 Å². The Hall–Kier alpha value is -3.27. The number of hydrogen-bond acceptors (Lipinski definition) is 12. The zero-order valence-electron chi connectivity index (χ0n) is 26.7. The highest BCUT2D eigenvalue weighted by Crippen LogP contribution is 2.41. The van der Waals surface area contributed by atoms with E-state index in [1.807, 2.05) is 91.0 Å². The predicted octanol–water partition coefficient (Wildman–Crippen LogP) is 2.10. The Morgan fingerprint density at radius 3 is 1.75 bits per heavy atom. The minimum atomic E-state index is -1.87. The van der Waals surface area contributed by atoms with Gasteiger partial charge in [0.1, 0.15) is 48.8 Å². The summed E-state index contributed by atoms with van der Waals surface area (Å²) < 4.78 is 38.1. The zero-order valence-corrected chi connectivity index (χ0v) is 26.7. The lowest BCUT2D eigenvalue weighted by Gasteiger charge is -2.47. The van der Waals surface area contributed by atoms with E-state index in [9.17, 15) is 20.4 Å². The molecule has 0 bridgehead atoms. The van der Waals surface area contributed by atoms with Gasteiger partial charge in [0, 0.05) is 7.11 Å². The molecule has 2 saturated heterocycles. The first-order chi connectivity index (χ1) is 23.4. The Bertz CT molecular complexity index is 1450. The van der Waals surface area contributed by atoms with E-state index in [1.54, 1.807) is 7.11 Å². The number of hydrogen-bond donors (Lipinski definition) is 4. The van der Waals surface area contributed by atoms with Crippen LogP contribution in [0.1, 0.15) is 23.1 Å². The first-order valence-electron chi connectivity index (χ1n) is 16.1. The van der Waals surface area contributed by atoms with Crippen molar-refractivity contribution in [3.63, 3.8) is 0 Å². The monoisotopic (exact) mass is 665 g/mol. The van der Waals surface area contributed by atoms with Crippen molar-refractivity contribution in [2.45, 2.75) is 87.0 Å². The summed E-state index contributed by atoms with van der Waals surface area (Å²) in [7, 11) is 1.57. The van der Waals surface area contributed by atoms with Crippen LogP contribution in [0.15, 0.2) is 96.2 Å². The van der Waals surface area contributed by atoms with Crippen LogP contribution < -0.4 is 0 Å². The number of methoxy groups -OCH3 is 1. The molecule has 0 radical (unpaired) electrons. The molecule has 3 heterocycles. The molecule has 6 rings (SSSR count). The molecular formula is C36H43NO11. The number of aliphatic hydroxyl groups excluding tert-OH is 4. The zero-order chi connectivity index (χ0) is 33.5. The van der Waals surface area contributed by atoms with E-state index in [0.717, 1.165) is 16.7 Å². The van der Waals surface area contributed by atoms with Gasteiger partial charge in [-0.25, -0.2) is 0 Å². The number of rotatable bonds is 13. The molecule has 0 unspecified atom stereocenters. The van der Waals surface area contributed by atoms with E-state index >= 15 is 0 Å². The van der Waals surface area contributed by atoms with Gasteiger partial charge < -0.3 is 53.7 Å². The molecule has 2 fully saturated rings. The summed E-state index contributed by atoms with van der Waals surface area (Å²) in [6.07, 6.45) is -9.90. The maximum atomic E-state index is 11.0. The summed E-state index contributed by atoms with van der Waals surface area (Å²) in [6.45, 7) is 0.298. The molecule has 3 aliphatic rings. The average Bonchev–Trinajstić information content (AvgIpc) is 3.56. The Labute approximate surface area is 279 Å². The molecule has 3 aromatic carbocycles. The molecule has 4 N–H and O–H groups in total. The van der Waals surface area contributed by atoms with Crippen LogP contribution in [0, 0.1) is 0 Å². The second-order valence-corrected chi connectivity index (χ2v) is 12.3. The van der Waals surface area contributed by atoms with Crippen molar-refractivity contribution >= 4 is 5.71 Å². The van der Waals surface area contributed by atoms with E-state index in [-0.39, 0.29) is 32.8 Å². The lowest BCUT2D eigenvalue weighted by Crippen LogP contribution is -2.66. The van der Waals surface area contributed by atoms with Gasteiger partial charge in [0.2, 0.25) is 0 Å². The number of nitrogens with zero attached hydrogens (tertiary/aromatic N) is 1. The smallest absolute Gasteiger partial charge is 0.271 e. The van der Waals surface area contributed by atoms with Crippen LogP contribution in [-0.4, -0.2) is 107 Å². The Morgan fingerprint density at radius 1 is 0.708 bits per heavy atom. The van der Waals surface area contributed by atoms with E-state index in [0.29, 0.717) is 5.71 Å². The third-order valence-electron chi connectivity index (χ3n) is 8.93. The number of ether oxygens (including phenoxy) is 6. The first kappa shape index (κ1) is 34.6. The molecule has 3 aromatic rings. The summed E-state index contributed by atoms with van der Waals surface area (Å²) in [6, 6.07) is 29.2. The van der Waals surface area contributed by atoms with Crippen molar-refractivity contribution in [1.82, 2.24) is 0 Å². The molecule has 0 saturated carbocycles. The standard InChI is InChI=1S/C36H43NO11/c1-42-22-28-32(43-19-23-11-5-2-6-12-23)34(45-21-25-15-9-4-10-16-25)33(44-20-24-13-7-3-8-14-24)31(46-28)26-17-36(48-37-26)35(41)30(40)29(39)27(18-38)47-36/h2-16,27-35,38-41H,17-22H2,1H3/t27-,28-,29-,30+,31-,32+,33-,34-,35-,36-/m1/s1. The van der Waals surface area contributed by atoms with Crippen molar-refractivity contribution < 1.29 is 53.7 Å². The molecule has 258 valence electrons. The number of aliphatic hydroxyl groups is 4. The maximum absolute atomic E-state index is 11.0. The second kappa shape index (κ2) is 16.0. The minimum Gasteiger partial charge on any atom is -0.394 e. The van der Waals surface area contributed by atoms with Gasteiger partial charge in [0.05, 0.1) is 45.2 Å². The largest absolute Gasteiger partial charge is 0.394 e. The molecule has 0 aliphatic carbocycles. The fourth-order valence-electron chi connectivity index (χ4n) is 6.39. The highest BCUT2D eigenvalue weighted by molar-refractivity contribution is 5.91. The molecule has 1 spiro atoms. The Kier molecular flexibility index (Phi) is 11.5. The lowest BCUT2D eigenvalue weighted by atomic mass is 9.86. The summed E-state index contributed by atoms with van der Waals surface area (Å²) in [5.41, 5.74) is 3.17. The molecule has 3 aliphatic heterocycles. The summed E-state index contributed by atoms with van der Waals surface area (Å²) in [4.78, 5) is 5.71. The van der Waals surface area contributed by atoms with Crippen LogP contribution in [-0.2, 0) is 53.1 Å². The minimum absolute atomic E-state index is 0.148. The van der Waals surface area contributed by atoms with Crippen molar-refractivity contribution in [3.05, 3.63) is 108 Å². The Balaban J connectivity index is 1.33. The highest BCUT2D eigenvalue weighted by atomic mass is 16.8. The van der Waals surface area contributed by atoms with Crippen LogP contribution in [0.4, 0.5) is 0 Å². The summed E-state index contributed by atoms with van der Waals surface area (Å²) >= 11 is 0. The molecule has 10 atom stereocenters. The molecule has 0 aromatic heterocycles. The second-order valence-electron chi connectivity index (χ2n) is 12.3. The van der Waals surface area contributed by atoms with Crippen LogP contribution in [0.2, 0.25) is 0 Å². The molecular weight excluding hydrogens is 622 g/mol. The van der Waals surface area contributed by atoms with Crippen LogP contribution >= 0.6 is 0 Å². The first-order valence-corrected chi connectivity index (χ1v) is 16.1. The molecule has 12 nitrogen and oxygen atoms in total. The van der Waals surface area contributed by atoms with E-state index in [4.69, 9.17) is 33.3 Å². The van der Waals surface area contributed by atoms with Gasteiger partial charge in [-0.05, 0) is 16.7 Å². The van der Waals surface area contributed by atoms with E-state index < -0.39 is 67.3 Å². The fraction of sp³-hybridized carbons (Fsp3) is 0.472.